The molecule has 0 bridgehead atoms. The summed E-state index contributed by atoms with van der Waals surface area (Å²) in [7, 11) is 0. The number of amides is 1. The highest BCUT2D eigenvalue weighted by Gasteiger charge is 2.19. The molecule has 2 heterocycles. The van der Waals surface area contributed by atoms with E-state index in [1.165, 1.54) is 0 Å². The number of nitrogens with one attached hydrogen (secondary N) is 1. The minimum absolute atomic E-state index is 0.00794. The van der Waals surface area contributed by atoms with Crippen molar-refractivity contribution in [3.05, 3.63) is 75.8 Å². The van der Waals surface area contributed by atoms with E-state index in [0.717, 1.165) is 37.2 Å². The van der Waals surface area contributed by atoms with Gasteiger partial charge in [-0.1, -0.05) is 44.2 Å². The summed E-state index contributed by atoms with van der Waals surface area (Å²) in [4.78, 5) is 30.2. The van der Waals surface area contributed by atoms with Crippen LogP contribution in [-0.4, -0.2) is 15.5 Å². The number of carbonyl (C=O) groups excluding carboxylic acids is 1. The van der Waals surface area contributed by atoms with E-state index >= 15 is 0 Å². The van der Waals surface area contributed by atoms with E-state index < -0.39 is 0 Å². The van der Waals surface area contributed by atoms with E-state index in [4.69, 9.17) is 0 Å². The number of benzene rings is 2. The van der Waals surface area contributed by atoms with Crippen LogP contribution in [0.5, 0.6) is 0 Å². The first-order valence-corrected chi connectivity index (χ1v) is 9.92. The van der Waals surface area contributed by atoms with Crippen molar-refractivity contribution in [1.29, 1.82) is 0 Å². The fourth-order valence-corrected chi connectivity index (χ4v) is 3.90. The van der Waals surface area contributed by atoms with E-state index in [1.54, 1.807) is 22.8 Å². The minimum atomic E-state index is -0.140. The molecule has 1 atom stereocenters. The van der Waals surface area contributed by atoms with Crippen LogP contribution in [0.3, 0.4) is 0 Å². The Kier molecular flexibility index (Phi) is 4.99. The Morgan fingerprint density at radius 1 is 1.18 bits per heavy atom. The van der Waals surface area contributed by atoms with Crippen LogP contribution in [-0.2, 0) is 13.0 Å². The first-order valence-electron chi connectivity index (χ1n) is 9.92. The van der Waals surface area contributed by atoms with Crippen LogP contribution in [0.25, 0.3) is 10.9 Å². The molecule has 0 aliphatic carbocycles. The maximum Gasteiger partial charge on any atom is 0.261 e. The van der Waals surface area contributed by atoms with E-state index in [1.807, 2.05) is 30.3 Å². The van der Waals surface area contributed by atoms with Crippen LogP contribution in [0.1, 0.15) is 54.5 Å². The standard InChI is InChI=1S/C23H25N3O2/c1-15(2)13-19(16-7-4-3-5-8-16)25-22(27)17-10-11-18-20(14-17)24-21-9-6-12-26(21)23(18)28/h3-5,7-8,10-11,14-15,19H,6,9,12-13H2,1-2H3,(H,25,27). The summed E-state index contributed by atoms with van der Waals surface area (Å²) in [5, 5.41) is 3.74. The van der Waals surface area contributed by atoms with Crippen LogP contribution in [0.2, 0.25) is 0 Å². The van der Waals surface area contributed by atoms with E-state index in [2.05, 4.69) is 24.1 Å². The van der Waals surface area contributed by atoms with Crippen LogP contribution in [0, 0.1) is 5.92 Å². The molecule has 0 spiro atoms. The highest BCUT2D eigenvalue weighted by Crippen LogP contribution is 2.22. The molecule has 1 aliphatic heterocycles. The third kappa shape index (κ3) is 3.57. The monoisotopic (exact) mass is 375 g/mol. The van der Waals surface area contributed by atoms with Gasteiger partial charge >= 0.3 is 0 Å². The SMILES string of the molecule is CC(C)CC(NC(=O)c1ccc2c(=O)n3c(nc2c1)CCC3)c1ccccc1. The fourth-order valence-electron chi connectivity index (χ4n) is 3.90. The summed E-state index contributed by atoms with van der Waals surface area (Å²) < 4.78 is 1.75. The molecule has 4 rings (SSSR count). The average molecular weight is 375 g/mol. The summed E-state index contributed by atoms with van der Waals surface area (Å²) in [6.45, 7) is 5.03. The maximum absolute atomic E-state index is 13.0. The molecule has 0 saturated carbocycles. The summed E-state index contributed by atoms with van der Waals surface area (Å²) in [6.07, 6.45) is 2.61. The number of rotatable bonds is 5. The van der Waals surface area contributed by atoms with Crippen LogP contribution in [0.15, 0.2) is 53.3 Å². The Labute approximate surface area is 164 Å². The first-order chi connectivity index (χ1) is 13.5. The predicted octanol–water partition coefficient (Wildman–Crippen LogP) is 3.86. The second-order valence-corrected chi connectivity index (χ2v) is 7.89. The Bertz CT molecular complexity index is 1070. The van der Waals surface area contributed by atoms with Gasteiger partial charge in [0.25, 0.3) is 11.5 Å². The van der Waals surface area contributed by atoms with E-state index in [-0.39, 0.29) is 17.5 Å². The van der Waals surface area contributed by atoms with Gasteiger partial charge in [-0.3, -0.25) is 14.2 Å². The van der Waals surface area contributed by atoms with Gasteiger partial charge in [0.05, 0.1) is 16.9 Å². The molecule has 1 aliphatic rings. The second-order valence-electron chi connectivity index (χ2n) is 7.89. The molecule has 1 amide bonds. The Balaban J connectivity index is 1.64. The average Bonchev–Trinajstić information content (AvgIpc) is 3.16. The molecule has 1 N–H and O–H groups in total. The third-order valence-corrected chi connectivity index (χ3v) is 5.29. The van der Waals surface area contributed by atoms with Gasteiger partial charge in [-0.2, -0.15) is 0 Å². The van der Waals surface area contributed by atoms with Crippen LogP contribution < -0.4 is 10.9 Å². The molecule has 5 heteroatoms. The zero-order valence-electron chi connectivity index (χ0n) is 16.3. The first kappa shape index (κ1) is 18.4. The smallest absolute Gasteiger partial charge is 0.261 e. The van der Waals surface area contributed by atoms with Crippen molar-refractivity contribution < 1.29 is 4.79 Å². The topological polar surface area (TPSA) is 64.0 Å². The highest BCUT2D eigenvalue weighted by atomic mass is 16.1. The third-order valence-electron chi connectivity index (χ3n) is 5.29. The molecule has 2 aromatic carbocycles. The number of aryl methyl sites for hydroxylation is 1. The van der Waals surface area contributed by atoms with Gasteiger partial charge in [-0.05, 0) is 42.5 Å². The Hall–Kier alpha value is -2.95. The normalized spacial score (nSPS) is 14.2. The molecule has 144 valence electrons. The number of hydrogen-bond acceptors (Lipinski definition) is 3. The lowest BCUT2D eigenvalue weighted by Crippen LogP contribution is -2.29. The molecule has 0 fully saturated rings. The highest BCUT2D eigenvalue weighted by molar-refractivity contribution is 5.97. The van der Waals surface area contributed by atoms with Crippen molar-refractivity contribution in [2.24, 2.45) is 5.92 Å². The summed E-state index contributed by atoms with van der Waals surface area (Å²) >= 11 is 0. The van der Waals surface area contributed by atoms with Crippen LogP contribution in [0.4, 0.5) is 0 Å². The predicted molar refractivity (Wildman–Crippen MR) is 110 cm³/mol. The van der Waals surface area contributed by atoms with Crippen LogP contribution >= 0.6 is 0 Å². The molecular formula is C23H25N3O2. The van der Waals surface area contributed by atoms with E-state index in [0.29, 0.717) is 22.4 Å². The zero-order valence-corrected chi connectivity index (χ0v) is 16.3. The molecule has 3 aromatic rings. The van der Waals surface area contributed by atoms with Crippen molar-refractivity contribution in [2.75, 3.05) is 0 Å². The van der Waals surface area contributed by atoms with Gasteiger partial charge in [-0.15, -0.1) is 0 Å². The lowest BCUT2D eigenvalue weighted by molar-refractivity contribution is 0.0932. The Morgan fingerprint density at radius 2 is 1.96 bits per heavy atom. The van der Waals surface area contributed by atoms with Crippen molar-refractivity contribution in [3.8, 4) is 0 Å². The van der Waals surface area contributed by atoms with Gasteiger partial charge in [0, 0.05) is 18.5 Å². The molecular weight excluding hydrogens is 350 g/mol. The summed E-state index contributed by atoms with van der Waals surface area (Å²) in [5.74, 6) is 1.13. The lowest BCUT2D eigenvalue weighted by Gasteiger charge is -2.21. The molecule has 1 aromatic heterocycles. The second kappa shape index (κ2) is 7.58. The molecule has 1 unspecified atom stereocenters. The molecule has 0 radical (unpaired) electrons. The van der Waals surface area contributed by atoms with Crippen molar-refractivity contribution in [3.63, 3.8) is 0 Å². The van der Waals surface area contributed by atoms with Gasteiger partial charge in [0.15, 0.2) is 0 Å². The number of fused-ring (bicyclic) bond motifs is 2. The number of nitrogens with zero attached hydrogens (tertiary/aromatic N) is 2. The lowest BCUT2D eigenvalue weighted by atomic mass is 9.96. The van der Waals surface area contributed by atoms with Gasteiger partial charge in [-0.25, -0.2) is 4.98 Å². The molecule has 5 nitrogen and oxygen atoms in total. The van der Waals surface area contributed by atoms with Gasteiger partial charge in [0.2, 0.25) is 0 Å². The van der Waals surface area contributed by atoms with Crippen molar-refractivity contribution in [2.45, 2.75) is 45.7 Å². The largest absolute Gasteiger partial charge is 0.345 e. The molecule has 28 heavy (non-hydrogen) atoms. The van der Waals surface area contributed by atoms with Gasteiger partial charge in [0.1, 0.15) is 5.82 Å². The molecule has 0 saturated heterocycles. The maximum atomic E-state index is 13.0. The minimum Gasteiger partial charge on any atom is -0.345 e. The number of carbonyl (C=O) groups is 1. The number of hydrogen-bond donors (Lipinski definition) is 1. The van der Waals surface area contributed by atoms with Crippen molar-refractivity contribution >= 4 is 16.8 Å². The summed E-state index contributed by atoms with van der Waals surface area (Å²) in [6, 6.07) is 15.2. The number of aromatic nitrogens is 2. The van der Waals surface area contributed by atoms with Crippen molar-refractivity contribution in [1.82, 2.24) is 14.9 Å². The van der Waals surface area contributed by atoms with E-state index in [9.17, 15) is 9.59 Å². The fraction of sp³-hybridized carbons (Fsp3) is 0.348. The Morgan fingerprint density at radius 3 is 2.71 bits per heavy atom. The van der Waals surface area contributed by atoms with Gasteiger partial charge < -0.3 is 5.32 Å². The summed E-state index contributed by atoms with van der Waals surface area (Å²) in [5.41, 5.74) is 2.23. The quantitative estimate of drug-likeness (QED) is 0.736. The zero-order chi connectivity index (χ0) is 19.7.